The highest BCUT2D eigenvalue weighted by atomic mass is 79.9. The number of rotatable bonds is 11. The molecule has 2 unspecified atom stereocenters. The molecule has 0 radical (unpaired) electrons. The van der Waals surface area contributed by atoms with E-state index in [0.29, 0.717) is 0 Å². The van der Waals surface area contributed by atoms with Gasteiger partial charge in [0, 0.05) is 43.7 Å². The Kier molecular flexibility index (Phi) is 19.7. The molecule has 0 saturated heterocycles. The van der Waals surface area contributed by atoms with E-state index >= 15 is 0 Å². The molecule has 0 bridgehead atoms. The van der Waals surface area contributed by atoms with Crippen molar-refractivity contribution in [2.45, 2.75) is 49.4 Å². The smallest absolute Gasteiger partial charge is 0.0731 e. The maximum atomic E-state index is 3.73. The van der Waals surface area contributed by atoms with Crippen LogP contribution in [0.4, 0.5) is 28.4 Å². The molecular formula is C136H95BrN2. The summed E-state index contributed by atoms with van der Waals surface area (Å²) in [4.78, 5) is 2.41. The van der Waals surface area contributed by atoms with E-state index in [0.717, 1.165) is 32.9 Å². The Balaban J connectivity index is 0.000000121. The number of fused-ring (bicyclic) bond motifs is 30. The monoisotopic (exact) mass is 1830 g/mol. The summed E-state index contributed by atoms with van der Waals surface area (Å²) in [6, 6.07) is 184. The van der Waals surface area contributed by atoms with Crippen LogP contribution in [0, 0.1) is 0 Å². The summed E-state index contributed by atoms with van der Waals surface area (Å²) in [6.45, 7) is 9.56. The van der Waals surface area contributed by atoms with Gasteiger partial charge in [0.1, 0.15) is 0 Å². The molecule has 22 aromatic rings. The third-order valence-electron chi connectivity index (χ3n) is 30.9. The molecule has 0 amide bonds. The fourth-order valence-electron chi connectivity index (χ4n) is 24.6. The number of hydrogen-bond donors (Lipinski definition) is 1. The van der Waals surface area contributed by atoms with Gasteiger partial charge in [-0.15, -0.1) is 0 Å². The van der Waals surface area contributed by atoms with Gasteiger partial charge in [-0.05, 0) is 307 Å². The second kappa shape index (κ2) is 32.9. The van der Waals surface area contributed by atoms with E-state index in [-0.39, 0.29) is 16.2 Å². The molecular weight excluding hydrogens is 1740 g/mol. The van der Waals surface area contributed by atoms with Crippen LogP contribution in [0.5, 0.6) is 0 Å². The van der Waals surface area contributed by atoms with Gasteiger partial charge in [-0.3, -0.25) is 0 Å². The van der Waals surface area contributed by atoms with Crippen LogP contribution in [0.25, 0.3) is 155 Å². The lowest BCUT2D eigenvalue weighted by molar-refractivity contribution is 0.660. The van der Waals surface area contributed by atoms with Gasteiger partial charge in [0.2, 0.25) is 0 Å². The molecule has 0 fully saturated rings. The molecule has 28 rings (SSSR count). The zero-order valence-corrected chi connectivity index (χ0v) is 79.3. The second-order valence-electron chi connectivity index (χ2n) is 38.9. The van der Waals surface area contributed by atoms with Gasteiger partial charge in [0.25, 0.3) is 0 Å². The molecule has 0 heterocycles. The van der Waals surface area contributed by atoms with Gasteiger partial charge in [0.05, 0.1) is 10.8 Å². The third-order valence-corrected chi connectivity index (χ3v) is 31.4. The predicted octanol–water partition coefficient (Wildman–Crippen LogP) is 36.6. The van der Waals surface area contributed by atoms with Crippen molar-refractivity contribution in [1.29, 1.82) is 0 Å². The first-order valence-electron chi connectivity index (χ1n) is 48.5. The quantitative estimate of drug-likeness (QED) is 0.139. The van der Waals surface area contributed by atoms with Crippen molar-refractivity contribution >= 4 is 65.9 Å². The molecule has 6 aliphatic rings. The predicted molar refractivity (Wildman–Crippen MR) is 587 cm³/mol. The van der Waals surface area contributed by atoms with Crippen LogP contribution < -0.4 is 10.2 Å². The number of halogens is 1. The van der Waals surface area contributed by atoms with Crippen LogP contribution in [0.1, 0.15) is 94.5 Å². The van der Waals surface area contributed by atoms with E-state index < -0.39 is 5.41 Å². The minimum absolute atomic E-state index is 0.0796. The fourth-order valence-corrected chi connectivity index (χ4v) is 24.9. The lowest BCUT2D eigenvalue weighted by atomic mass is 9.69. The highest BCUT2D eigenvalue weighted by Gasteiger charge is 2.55. The Labute approximate surface area is 821 Å². The first kappa shape index (κ1) is 83.1. The highest BCUT2D eigenvalue weighted by Crippen LogP contribution is 2.68. The lowest BCUT2D eigenvalue weighted by Crippen LogP contribution is -2.26. The summed E-state index contributed by atoms with van der Waals surface area (Å²) in [5, 5.41) is 8.69. The Hall–Kier alpha value is -16.6. The van der Waals surface area contributed by atoms with Crippen molar-refractivity contribution in [2.24, 2.45) is 0 Å². The van der Waals surface area contributed by atoms with E-state index in [4.69, 9.17) is 0 Å². The van der Waals surface area contributed by atoms with E-state index in [1.165, 1.54) is 222 Å². The molecule has 1 N–H and O–H groups in total. The Morgan fingerprint density at radius 1 is 0.187 bits per heavy atom. The molecule has 0 aromatic heterocycles. The molecule has 656 valence electrons. The summed E-state index contributed by atoms with van der Waals surface area (Å²) >= 11 is 3.73. The Bertz CT molecular complexity index is 8510. The Morgan fingerprint density at radius 3 is 0.863 bits per heavy atom. The van der Waals surface area contributed by atoms with Crippen molar-refractivity contribution in [1.82, 2.24) is 0 Å². The number of nitrogens with one attached hydrogen (secondary N) is 1. The van der Waals surface area contributed by atoms with E-state index in [2.05, 4.69) is 539 Å². The van der Waals surface area contributed by atoms with Crippen LogP contribution in [-0.4, -0.2) is 0 Å². The van der Waals surface area contributed by atoms with Crippen LogP contribution in [-0.2, 0) is 21.7 Å². The largest absolute Gasteiger partial charge is 0.356 e. The summed E-state index contributed by atoms with van der Waals surface area (Å²) in [5.41, 5.74) is 51.9. The molecule has 2 atom stereocenters. The highest BCUT2D eigenvalue weighted by molar-refractivity contribution is 9.10. The number of nitrogens with zero attached hydrogens (tertiary/aromatic N) is 1. The minimum Gasteiger partial charge on any atom is -0.356 e. The van der Waals surface area contributed by atoms with Gasteiger partial charge < -0.3 is 10.2 Å². The molecule has 2 spiro atoms. The lowest BCUT2D eigenvalue weighted by Gasteiger charge is -2.31. The van der Waals surface area contributed by atoms with Crippen LogP contribution in [0.2, 0.25) is 0 Å². The van der Waals surface area contributed by atoms with Gasteiger partial charge in [0.15, 0.2) is 0 Å². The van der Waals surface area contributed by atoms with E-state index in [9.17, 15) is 0 Å². The van der Waals surface area contributed by atoms with Gasteiger partial charge in [-0.2, -0.15) is 0 Å². The van der Waals surface area contributed by atoms with Gasteiger partial charge in [-0.25, -0.2) is 0 Å². The molecule has 3 heteroatoms. The molecule has 0 saturated carbocycles. The molecule has 0 aliphatic heterocycles. The van der Waals surface area contributed by atoms with Crippen molar-refractivity contribution < 1.29 is 0 Å². The fraction of sp³-hybridized carbons (Fsp3) is 0.0588. The molecule has 139 heavy (non-hydrogen) atoms. The average Bonchev–Trinajstić information content (AvgIpc) is 1.50. The number of hydrogen-bond acceptors (Lipinski definition) is 2. The number of benzene rings is 22. The summed E-state index contributed by atoms with van der Waals surface area (Å²) < 4.78 is 1.13. The first-order chi connectivity index (χ1) is 68.4. The number of anilines is 5. The van der Waals surface area contributed by atoms with Crippen LogP contribution >= 0.6 is 15.9 Å². The first-order valence-corrected chi connectivity index (χ1v) is 49.3. The summed E-state index contributed by atoms with van der Waals surface area (Å²) in [5.74, 6) is 0. The van der Waals surface area contributed by atoms with Crippen LogP contribution in [0.15, 0.2) is 502 Å². The maximum Gasteiger partial charge on any atom is 0.0731 e. The molecule has 22 aromatic carbocycles. The van der Waals surface area contributed by atoms with Crippen molar-refractivity contribution in [3.05, 3.63) is 569 Å². The third kappa shape index (κ3) is 13.1. The molecule has 6 aliphatic carbocycles. The standard InChI is InChI=1S/C68H47N.C44H29Br.C24H19N/c1-67(2)63-42-49(53-24-15-27-62-65(53)59-23-12-14-26-61(59)68(62)60-25-13-11-22-55(60)58-40-32-48-20-9-10-21-54(48)66(58)68)33-39-56(63)57-41-38-52(43-64(57)67)69(50-34-28-46(29-35-50)44-16-5-3-6-17-44)51-36-30-47(31-37-51)45-18-7-4-8-19-45;1-43(2)39-24-27(19-21-32(39)33-23-20-28(45)25-40(33)43)29-14-9-17-38-41(29)35-13-6-8-16-37(35)44(38)36-15-7-5-12-31(36)34-22-18-26-10-3-4-11-30(26)42(34)44;1-3-7-19(8-4-1)21-11-15-23(16-12-21)25-24-17-13-22(14-18-24)20-9-5-2-6-10-20/h3-43H,1-2H3;3-25H,1-2H3;1-18,25H. The summed E-state index contributed by atoms with van der Waals surface area (Å²) in [6.07, 6.45) is 0. The van der Waals surface area contributed by atoms with Crippen LogP contribution in [0.3, 0.4) is 0 Å². The van der Waals surface area contributed by atoms with Gasteiger partial charge in [-0.1, -0.05) is 456 Å². The topological polar surface area (TPSA) is 15.3 Å². The summed E-state index contributed by atoms with van der Waals surface area (Å²) in [7, 11) is 0. The van der Waals surface area contributed by atoms with Gasteiger partial charge >= 0.3 is 0 Å². The molecule has 2 nitrogen and oxygen atoms in total. The maximum absolute atomic E-state index is 3.73. The zero-order valence-electron chi connectivity index (χ0n) is 77.7. The normalized spacial score (nSPS) is 15.1. The van der Waals surface area contributed by atoms with Crippen molar-refractivity contribution in [2.75, 3.05) is 10.2 Å². The van der Waals surface area contributed by atoms with E-state index in [1.54, 1.807) is 0 Å². The SMILES string of the molecule is CC1(C)c2cc(-c3cccc4c3-c3ccccc3C43c4ccccc4-c4ccc5ccccc5c43)ccc2-c2ccc(N(c3ccc(-c4ccccc4)cc3)c3ccc(-c4ccccc4)cc3)cc21.CC1(C)c2cc(Br)ccc2-c2ccc(-c3cccc4c3-c3ccccc3C43c4ccccc4-c4ccc5ccccc5c43)cc21.c1ccc(-c2ccc(Nc3ccc(-c4ccccc4)cc3)cc2)cc1. The van der Waals surface area contributed by atoms with Crippen molar-refractivity contribution in [3.63, 3.8) is 0 Å². The van der Waals surface area contributed by atoms with Crippen molar-refractivity contribution in [3.8, 4) is 134 Å². The Morgan fingerprint density at radius 2 is 0.460 bits per heavy atom. The zero-order chi connectivity index (χ0) is 92.8. The second-order valence-corrected chi connectivity index (χ2v) is 39.8. The minimum atomic E-state index is -0.438. The van der Waals surface area contributed by atoms with E-state index in [1.807, 2.05) is 12.1 Å². The average molecular weight is 1840 g/mol.